The standard InChI is InChI=1S/C17H16N4O2S/c1-12-7-16(23)21(11-19-12)9-15(22)18-8-14-10-24-17(20-14)13-5-3-2-4-6-13/h2-7,10-11H,8-9H2,1H3,(H,18,22). The number of carbonyl (C=O) groups excluding carboxylic acids is 1. The highest BCUT2D eigenvalue weighted by atomic mass is 32.1. The number of rotatable bonds is 5. The predicted octanol–water partition coefficient (Wildman–Crippen LogP) is 1.99. The van der Waals surface area contributed by atoms with Crippen LogP contribution >= 0.6 is 11.3 Å². The van der Waals surface area contributed by atoms with Crippen LogP contribution in [0.4, 0.5) is 0 Å². The molecule has 3 aromatic rings. The molecule has 0 fully saturated rings. The molecule has 0 spiro atoms. The Kier molecular flexibility index (Phi) is 4.81. The van der Waals surface area contributed by atoms with Gasteiger partial charge < -0.3 is 5.32 Å². The van der Waals surface area contributed by atoms with Crippen LogP contribution in [0, 0.1) is 6.92 Å². The number of thiazole rings is 1. The van der Waals surface area contributed by atoms with Gasteiger partial charge in [0.25, 0.3) is 5.56 Å². The van der Waals surface area contributed by atoms with Crippen molar-refractivity contribution < 1.29 is 4.79 Å². The lowest BCUT2D eigenvalue weighted by Crippen LogP contribution is -2.32. The van der Waals surface area contributed by atoms with Crippen molar-refractivity contribution in [2.75, 3.05) is 0 Å². The first kappa shape index (κ1) is 16.1. The molecule has 0 aliphatic heterocycles. The summed E-state index contributed by atoms with van der Waals surface area (Å²) in [6, 6.07) is 11.3. The lowest BCUT2D eigenvalue weighted by molar-refractivity contribution is -0.121. The summed E-state index contributed by atoms with van der Waals surface area (Å²) in [5.74, 6) is -0.253. The number of amides is 1. The molecule has 0 unspecified atom stereocenters. The fraction of sp³-hybridized carbons (Fsp3) is 0.176. The van der Waals surface area contributed by atoms with Crippen molar-refractivity contribution >= 4 is 17.2 Å². The fourth-order valence-electron chi connectivity index (χ4n) is 2.14. The smallest absolute Gasteiger partial charge is 0.253 e. The summed E-state index contributed by atoms with van der Waals surface area (Å²) in [6.07, 6.45) is 1.38. The molecule has 24 heavy (non-hydrogen) atoms. The average Bonchev–Trinajstić information content (AvgIpc) is 3.05. The van der Waals surface area contributed by atoms with Gasteiger partial charge in [0, 0.05) is 22.7 Å². The van der Waals surface area contributed by atoms with Gasteiger partial charge in [-0.15, -0.1) is 11.3 Å². The molecule has 1 N–H and O–H groups in total. The predicted molar refractivity (Wildman–Crippen MR) is 92.6 cm³/mol. The van der Waals surface area contributed by atoms with E-state index < -0.39 is 0 Å². The Morgan fingerprint density at radius 3 is 2.83 bits per heavy atom. The van der Waals surface area contributed by atoms with Crippen LogP contribution in [-0.2, 0) is 17.9 Å². The average molecular weight is 340 g/mol. The van der Waals surface area contributed by atoms with Gasteiger partial charge in [-0.1, -0.05) is 30.3 Å². The molecule has 1 aromatic carbocycles. The van der Waals surface area contributed by atoms with Gasteiger partial charge in [-0.05, 0) is 6.92 Å². The second-order valence-corrected chi connectivity index (χ2v) is 6.14. The van der Waals surface area contributed by atoms with Gasteiger partial charge in [0.05, 0.1) is 18.6 Å². The van der Waals surface area contributed by atoms with Crippen molar-refractivity contribution in [3.05, 3.63) is 69.8 Å². The van der Waals surface area contributed by atoms with E-state index in [9.17, 15) is 9.59 Å². The molecular weight excluding hydrogens is 324 g/mol. The Morgan fingerprint density at radius 1 is 1.29 bits per heavy atom. The van der Waals surface area contributed by atoms with Crippen LogP contribution in [-0.4, -0.2) is 20.4 Å². The number of nitrogens with zero attached hydrogens (tertiary/aromatic N) is 3. The van der Waals surface area contributed by atoms with Crippen LogP contribution in [0.25, 0.3) is 10.6 Å². The maximum absolute atomic E-state index is 12.0. The third-order valence-corrected chi connectivity index (χ3v) is 4.31. The Balaban J connectivity index is 1.59. The molecule has 0 radical (unpaired) electrons. The van der Waals surface area contributed by atoms with Crippen molar-refractivity contribution in [3.8, 4) is 10.6 Å². The fourth-order valence-corrected chi connectivity index (χ4v) is 2.96. The minimum atomic E-state index is -0.253. The van der Waals surface area contributed by atoms with Crippen LogP contribution < -0.4 is 10.9 Å². The van der Waals surface area contributed by atoms with E-state index in [0.717, 1.165) is 16.3 Å². The normalized spacial score (nSPS) is 10.5. The quantitative estimate of drug-likeness (QED) is 0.770. The highest BCUT2D eigenvalue weighted by Crippen LogP contribution is 2.23. The number of nitrogens with one attached hydrogen (secondary N) is 1. The van der Waals surface area contributed by atoms with Gasteiger partial charge >= 0.3 is 0 Å². The van der Waals surface area contributed by atoms with E-state index in [1.807, 2.05) is 35.7 Å². The highest BCUT2D eigenvalue weighted by molar-refractivity contribution is 7.13. The molecule has 2 aromatic heterocycles. The van der Waals surface area contributed by atoms with E-state index in [1.54, 1.807) is 6.92 Å². The third-order valence-electron chi connectivity index (χ3n) is 3.37. The summed E-state index contributed by atoms with van der Waals surface area (Å²) in [6.45, 7) is 2.01. The van der Waals surface area contributed by atoms with Crippen LogP contribution in [0.3, 0.4) is 0 Å². The summed E-state index contributed by atoms with van der Waals surface area (Å²) >= 11 is 1.53. The van der Waals surface area contributed by atoms with Crippen LogP contribution in [0.1, 0.15) is 11.4 Å². The molecule has 3 rings (SSSR count). The van der Waals surface area contributed by atoms with E-state index >= 15 is 0 Å². The first-order valence-corrected chi connectivity index (χ1v) is 8.29. The van der Waals surface area contributed by atoms with Gasteiger partial charge in [-0.3, -0.25) is 14.2 Å². The Labute approximate surface area is 142 Å². The summed E-state index contributed by atoms with van der Waals surface area (Å²) < 4.78 is 1.28. The van der Waals surface area contributed by atoms with Gasteiger partial charge in [0.1, 0.15) is 11.6 Å². The SMILES string of the molecule is Cc1cc(=O)n(CC(=O)NCc2csc(-c3ccccc3)n2)cn1. The molecule has 0 aliphatic rings. The Morgan fingerprint density at radius 2 is 2.08 bits per heavy atom. The van der Waals surface area contributed by atoms with Crippen molar-refractivity contribution in [2.24, 2.45) is 0 Å². The lowest BCUT2D eigenvalue weighted by Gasteiger charge is -2.06. The van der Waals surface area contributed by atoms with E-state index in [4.69, 9.17) is 0 Å². The molecular formula is C17H16N4O2S. The van der Waals surface area contributed by atoms with Crippen LogP contribution in [0.2, 0.25) is 0 Å². The van der Waals surface area contributed by atoms with Crippen molar-refractivity contribution in [1.29, 1.82) is 0 Å². The largest absolute Gasteiger partial charge is 0.349 e. The van der Waals surface area contributed by atoms with Crippen LogP contribution in [0.15, 0.2) is 52.9 Å². The maximum Gasteiger partial charge on any atom is 0.253 e. The zero-order valence-corrected chi connectivity index (χ0v) is 13.9. The monoisotopic (exact) mass is 340 g/mol. The second-order valence-electron chi connectivity index (χ2n) is 5.28. The third kappa shape index (κ3) is 3.94. The summed E-state index contributed by atoms with van der Waals surface area (Å²) in [4.78, 5) is 32.3. The molecule has 122 valence electrons. The molecule has 0 saturated carbocycles. The summed E-state index contributed by atoms with van der Waals surface area (Å²) in [5, 5.41) is 5.61. The number of hydrogen-bond acceptors (Lipinski definition) is 5. The van der Waals surface area contributed by atoms with Gasteiger partial charge in [-0.25, -0.2) is 9.97 Å². The molecule has 0 saturated heterocycles. The molecule has 0 bridgehead atoms. The zero-order valence-electron chi connectivity index (χ0n) is 13.1. The van der Waals surface area contributed by atoms with E-state index in [-0.39, 0.29) is 18.0 Å². The van der Waals surface area contributed by atoms with E-state index in [2.05, 4.69) is 15.3 Å². The molecule has 0 atom stereocenters. The minimum absolute atomic E-state index is 0.0538. The molecule has 7 heteroatoms. The van der Waals surface area contributed by atoms with E-state index in [0.29, 0.717) is 12.2 Å². The van der Waals surface area contributed by atoms with Gasteiger partial charge in [0.2, 0.25) is 5.91 Å². The molecule has 1 amide bonds. The molecule has 6 nitrogen and oxygen atoms in total. The lowest BCUT2D eigenvalue weighted by atomic mass is 10.2. The van der Waals surface area contributed by atoms with E-state index in [1.165, 1.54) is 28.3 Å². The number of carbonyl (C=O) groups is 1. The molecule has 2 heterocycles. The van der Waals surface area contributed by atoms with Crippen molar-refractivity contribution in [1.82, 2.24) is 19.9 Å². The second kappa shape index (κ2) is 7.18. The Bertz CT molecular complexity index is 902. The summed E-state index contributed by atoms with van der Waals surface area (Å²) in [7, 11) is 0. The van der Waals surface area contributed by atoms with Gasteiger partial charge in [0.15, 0.2) is 0 Å². The van der Waals surface area contributed by atoms with Gasteiger partial charge in [-0.2, -0.15) is 0 Å². The topological polar surface area (TPSA) is 76.9 Å². The first-order chi connectivity index (χ1) is 11.6. The highest BCUT2D eigenvalue weighted by Gasteiger charge is 2.08. The number of aromatic nitrogens is 3. The molecule has 0 aliphatic carbocycles. The minimum Gasteiger partial charge on any atom is -0.349 e. The number of benzene rings is 1. The van der Waals surface area contributed by atoms with Crippen molar-refractivity contribution in [2.45, 2.75) is 20.0 Å². The summed E-state index contributed by atoms with van der Waals surface area (Å²) in [5.41, 5.74) is 2.24. The van der Waals surface area contributed by atoms with Crippen LogP contribution in [0.5, 0.6) is 0 Å². The number of hydrogen-bond donors (Lipinski definition) is 1. The van der Waals surface area contributed by atoms with Crippen molar-refractivity contribution in [3.63, 3.8) is 0 Å². The maximum atomic E-state index is 12.0. The zero-order chi connectivity index (χ0) is 16.9. The first-order valence-electron chi connectivity index (χ1n) is 7.41. The number of aryl methyl sites for hydroxylation is 1. The Hall–Kier alpha value is -2.80.